The second-order valence-corrected chi connectivity index (χ2v) is 11.0. The van der Waals surface area contributed by atoms with Crippen molar-refractivity contribution in [2.75, 3.05) is 20.3 Å². The number of rotatable bonds is 20. The molecule has 244 valence electrons. The Bertz CT molecular complexity index is 1310. The van der Waals surface area contributed by atoms with Gasteiger partial charge in [0.15, 0.2) is 6.29 Å². The van der Waals surface area contributed by atoms with Gasteiger partial charge in [0.25, 0.3) is 0 Å². The van der Waals surface area contributed by atoms with E-state index in [-0.39, 0.29) is 12.6 Å². The summed E-state index contributed by atoms with van der Waals surface area (Å²) < 4.78 is 61.6. The van der Waals surface area contributed by atoms with Crippen LogP contribution in [0.15, 0.2) is 91.0 Å². The first-order valence-corrected chi connectivity index (χ1v) is 15.7. The Hall–Kier alpha value is -3.11. The average Bonchev–Trinajstić information content (AvgIpc) is 3.13. The summed E-state index contributed by atoms with van der Waals surface area (Å²) in [5, 5.41) is 11.6. The van der Waals surface area contributed by atoms with Gasteiger partial charge in [0.2, 0.25) is 0 Å². The molecule has 0 amide bonds. The third-order valence-corrected chi connectivity index (χ3v) is 7.50. The van der Waals surface area contributed by atoms with E-state index in [0.29, 0.717) is 29.7 Å². The standard InChI is InChI=1S/C37H48O8/c1-40-33(38)23-15-4-2-3-5-16-24-42-37-34(39)36(44-27-31-21-13-8-14-22-31)35(43-26-30-19-11-7-12-20-30)32(45-37)28-41-25-29-17-9-6-10-18-29/h6-14,17-22,32,34-37,39H,2-5,15-16,23-28H2,1H3/t32-,34+,35-,36-,37?/m1/s1/i25D,26D,27D/t25?,26?,27?,32-,34+,35-,36-,37?. The van der Waals surface area contributed by atoms with E-state index in [2.05, 4.69) is 4.74 Å². The van der Waals surface area contributed by atoms with E-state index >= 15 is 0 Å². The molecule has 0 bridgehead atoms. The van der Waals surface area contributed by atoms with Gasteiger partial charge in [-0.15, -0.1) is 0 Å². The fourth-order valence-corrected chi connectivity index (χ4v) is 5.01. The lowest BCUT2D eigenvalue weighted by Crippen LogP contribution is -2.61. The summed E-state index contributed by atoms with van der Waals surface area (Å²) in [4.78, 5) is 11.3. The normalized spacial score (nSPS) is 24.5. The van der Waals surface area contributed by atoms with Gasteiger partial charge in [0.05, 0.1) is 37.6 Å². The first-order valence-electron chi connectivity index (χ1n) is 17.5. The maximum Gasteiger partial charge on any atom is 0.305 e. The van der Waals surface area contributed by atoms with Crippen LogP contribution < -0.4 is 0 Å². The van der Waals surface area contributed by atoms with Crippen molar-refractivity contribution in [1.82, 2.24) is 0 Å². The molecule has 0 aliphatic carbocycles. The minimum absolute atomic E-state index is 0.110. The molecule has 1 saturated heterocycles. The lowest BCUT2D eigenvalue weighted by atomic mass is 9.98. The van der Waals surface area contributed by atoms with Crippen molar-refractivity contribution in [2.45, 2.75) is 95.4 Å². The van der Waals surface area contributed by atoms with Crippen LogP contribution >= 0.6 is 0 Å². The SMILES string of the molecule is [2H]C(OC[C@H]1OC(OCCCCCCCCC(=O)OC)[C@@H](O)[C@@H](OC([2H])c2ccccc2)[C@@H]1OC([2H])c1ccccc1)c1ccccc1. The van der Waals surface area contributed by atoms with Crippen molar-refractivity contribution >= 4 is 5.97 Å². The van der Waals surface area contributed by atoms with Gasteiger partial charge in [-0.25, -0.2) is 0 Å². The Morgan fingerprint density at radius 3 is 1.80 bits per heavy atom. The molecule has 0 saturated carbocycles. The van der Waals surface area contributed by atoms with E-state index < -0.39 is 50.5 Å². The molecule has 1 aliphatic rings. The number of benzene rings is 3. The third-order valence-electron chi connectivity index (χ3n) is 7.50. The number of ether oxygens (including phenoxy) is 6. The molecule has 1 heterocycles. The second-order valence-electron chi connectivity index (χ2n) is 11.0. The maximum absolute atomic E-state index is 11.6. The second kappa shape index (κ2) is 20.1. The van der Waals surface area contributed by atoms with Gasteiger partial charge in [0.1, 0.15) is 24.4 Å². The van der Waals surface area contributed by atoms with Crippen molar-refractivity contribution in [2.24, 2.45) is 0 Å². The molecule has 8 heteroatoms. The summed E-state index contributed by atoms with van der Waals surface area (Å²) in [5.74, 6) is -0.190. The van der Waals surface area contributed by atoms with Crippen LogP contribution in [0.1, 0.15) is 65.7 Å². The van der Waals surface area contributed by atoms with E-state index in [1.807, 2.05) is 54.6 Å². The number of carbonyl (C=O) groups is 1. The Morgan fingerprint density at radius 2 is 1.22 bits per heavy atom. The highest BCUT2D eigenvalue weighted by Gasteiger charge is 2.47. The Balaban J connectivity index is 1.46. The molecule has 1 N–H and O–H groups in total. The van der Waals surface area contributed by atoms with Gasteiger partial charge in [-0.3, -0.25) is 4.79 Å². The average molecular weight is 624 g/mol. The van der Waals surface area contributed by atoms with Crippen molar-refractivity contribution in [3.8, 4) is 0 Å². The van der Waals surface area contributed by atoms with Gasteiger partial charge >= 0.3 is 5.97 Å². The van der Waals surface area contributed by atoms with Gasteiger partial charge in [-0.2, -0.15) is 0 Å². The quantitative estimate of drug-likeness (QED) is 0.115. The summed E-state index contributed by atoms with van der Waals surface area (Å²) in [6, 6.07) is 27.2. The van der Waals surface area contributed by atoms with Crippen LogP contribution in [-0.4, -0.2) is 62.1 Å². The third kappa shape index (κ3) is 12.3. The van der Waals surface area contributed by atoms with E-state index in [0.717, 1.165) is 38.5 Å². The molecule has 8 nitrogen and oxygen atoms in total. The zero-order valence-corrected chi connectivity index (χ0v) is 25.9. The number of hydrogen-bond donors (Lipinski definition) is 1. The van der Waals surface area contributed by atoms with Crippen LogP contribution in [0.5, 0.6) is 0 Å². The summed E-state index contributed by atoms with van der Waals surface area (Å²) >= 11 is 0. The van der Waals surface area contributed by atoms with Crippen LogP contribution in [0.3, 0.4) is 0 Å². The number of aliphatic hydroxyl groups is 1. The summed E-state index contributed by atoms with van der Waals surface area (Å²) in [6.07, 6.45) is 0.255. The molecule has 0 spiro atoms. The largest absolute Gasteiger partial charge is 0.469 e. The molecule has 0 aromatic heterocycles. The number of carbonyl (C=O) groups excluding carboxylic acids is 1. The fourth-order valence-electron chi connectivity index (χ4n) is 5.01. The van der Waals surface area contributed by atoms with Gasteiger partial charge in [0, 0.05) is 13.0 Å². The van der Waals surface area contributed by atoms with Crippen LogP contribution in [0.2, 0.25) is 0 Å². The first-order chi connectivity index (χ1) is 23.4. The van der Waals surface area contributed by atoms with Gasteiger partial charge in [-0.05, 0) is 29.5 Å². The van der Waals surface area contributed by atoms with E-state index in [4.69, 9.17) is 27.8 Å². The number of unbranched alkanes of at least 4 members (excludes halogenated alkanes) is 5. The number of esters is 1. The van der Waals surface area contributed by atoms with Gasteiger partial charge < -0.3 is 33.5 Å². The fraction of sp³-hybridized carbons (Fsp3) is 0.486. The molecular formula is C37H48O8. The summed E-state index contributed by atoms with van der Waals surface area (Å²) in [6.45, 7) is -3.11. The molecule has 8 atom stereocenters. The lowest BCUT2D eigenvalue weighted by Gasteiger charge is -2.44. The van der Waals surface area contributed by atoms with Crippen LogP contribution in [0.4, 0.5) is 0 Å². The minimum atomic E-state index is -1.34. The van der Waals surface area contributed by atoms with Crippen molar-refractivity contribution in [3.63, 3.8) is 0 Å². The van der Waals surface area contributed by atoms with Gasteiger partial charge in [-0.1, -0.05) is 117 Å². The monoisotopic (exact) mass is 623 g/mol. The highest BCUT2D eigenvalue weighted by molar-refractivity contribution is 5.68. The molecule has 3 aromatic rings. The number of methoxy groups -OCH3 is 1. The van der Waals surface area contributed by atoms with E-state index in [1.54, 1.807) is 36.4 Å². The Kier molecular flexibility index (Phi) is 13.6. The molecule has 0 radical (unpaired) electrons. The van der Waals surface area contributed by atoms with Crippen LogP contribution in [-0.2, 0) is 53.0 Å². The zero-order valence-electron chi connectivity index (χ0n) is 28.9. The number of hydrogen-bond acceptors (Lipinski definition) is 8. The van der Waals surface area contributed by atoms with E-state index in [1.165, 1.54) is 7.11 Å². The molecule has 45 heavy (non-hydrogen) atoms. The van der Waals surface area contributed by atoms with Crippen molar-refractivity contribution < 1.29 is 42.4 Å². The molecule has 1 aliphatic heterocycles. The Labute approximate surface area is 271 Å². The Morgan fingerprint density at radius 1 is 0.711 bits per heavy atom. The lowest BCUT2D eigenvalue weighted by molar-refractivity contribution is -0.319. The van der Waals surface area contributed by atoms with Crippen molar-refractivity contribution in [3.05, 3.63) is 108 Å². The molecule has 4 rings (SSSR count). The predicted molar refractivity (Wildman–Crippen MR) is 171 cm³/mol. The molecule has 3 aromatic carbocycles. The minimum Gasteiger partial charge on any atom is -0.469 e. The first kappa shape index (κ1) is 30.5. The van der Waals surface area contributed by atoms with Crippen molar-refractivity contribution in [1.29, 1.82) is 0 Å². The molecule has 1 fully saturated rings. The predicted octanol–water partition coefficient (Wildman–Crippen LogP) is 6.38. The zero-order chi connectivity index (χ0) is 34.1. The topological polar surface area (TPSA) is 92.7 Å². The summed E-state index contributed by atoms with van der Waals surface area (Å²) in [5.41, 5.74) is 1.85. The maximum atomic E-state index is 11.6. The molecule has 4 unspecified atom stereocenters. The number of aliphatic hydroxyl groups excluding tert-OH is 1. The smallest absolute Gasteiger partial charge is 0.305 e. The highest BCUT2D eigenvalue weighted by atomic mass is 16.7. The highest BCUT2D eigenvalue weighted by Crippen LogP contribution is 2.29. The molecular weight excluding hydrogens is 572 g/mol. The van der Waals surface area contributed by atoms with Crippen LogP contribution in [0.25, 0.3) is 0 Å². The van der Waals surface area contributed by atoms with Crippen LogP contribution in [0, 0.1) is 0 Å². The summed E-state index contributed by atoms with van der Waals surface area (Å²) in [7, 11) is 1.40. The van der Waals surface area contributed by atoms with E-state index in [9.17, 15) is 9.90 Å².